The maximum atomic E-state index is 13.5. The first kappa shape index (κ1) is 25.7. The fraction of sp³-hybridized carbons (Fsp3) is 0.200. The van der Waals surface area contributed by atoms with Crippen molar-refractivity contribution in [2.24, 2.45) is 5.10 Å². The van der Waals surface area contributed by atoms with Crippen molar-refractivity contribution in [2.45, 2.75) is 11.3 Å². The number of para-hydroxylation sites is 1. The molecule has 0 saturated carbocycles. The van der Waals surface area contributed by atoms with Gasteiger partial charge in [-0.1, -0.05) is 42.5 Å². The smallest absolute Gasteiger partial charge is 0.255 e. The van der Waals surface area contributed by atoms with E-state index in [1.165, 1.54) is 44.7 Å². The van der Waals surface area contributed by atoms with Crippen LogP contribution in [0.3, 0.4) is 0 Å². The van der Waals surface area contributed by atoms with Crippen LogP contribution in [0.25, 0.3) is 0 Å². The molecular formula is C25H27N3O6S. The highest BCUT2D eigenvalue weighted by atomic mass is 32.2. The summed E-state index contributed by atoms with van der Waals surface area (Å²) in [6.45, 7) is -0.390. The third-order valence-electron chi connectivity index (χ3n) is 5.14. The summed E-state index contributed by atoms with van der Waals surface area (Å²) in [5.41, 5.74) is 3.66. The van der Waals surface area contributed by atoms with Gasteiger partial charge in [0.15, 0.2) is 11.5 Å². The molecule has 10 heteroatoms. The van der Waals surface area contributed by atoms with E-state index in [9.17, 15) is 18.3 Å². The van der Waals surface area contributed by atoms with Crippen LogP contribution in [-0.4, -0.2) is 57.3 Å². The fourth-order valence-electron chi connectivity index (χ4n) is 3.27. The molecule has 0 aliphatic rings. The van der Waals surface area contributed by atoms with E-state index in [1.54, 1.807) is 18.2 Å². The molecule has 1 amide bonds. The van der Waals surface area contributed by atoms with Gasteiger partial charge in [0.25, 0.3) is 5.91 Å². The van der Waals surface area contributed by atoms with Crippen LogP contribution in [-0.2, 0) is 21.2 Å². The molecule has 0 heterocycles. The van der Waals surface area contributed by atoms with Gasteiger partial charge in [-0.3, -0.25) is 4.79 Å². The summed E-state index contributed by atoms with van der Waals surface area (Å²) in [7, 11) is -1.19. The molecule has 0 bridgehead atoms. The molecule has 0 unspecified atom stereocenters. The van der Waals surface area contributed by atoms with Crippen molar-refractivity contribution >= 4 is 22.1 Å². The van der Waals surface area contributed by atoms with Crippen LogP contribution < -0.4 is 14.9 Å². The summed E-state index contributed by atoms with van der Waals surface area (Å²) in [5, 5.41) is 13.6. The van der Waals surface area contributed by atoms with Crippen LogP contribution in [0.4, 0.5) is 0 Å². The van der Waals surface area contributed by atoms with Gasteiger partial charge in [-0.25, -0.2) is 13.8 Å². The SMILES string of the molecule is COc1ccc(S(=O)(=O)N(CCc2ccccc2)CC(=O)N/N=C\c2ccccc2O)cc1OC. The summed E-state index contributed by atoms with van der Waals surface area (Å²) in [6.07, 6.45) is 1.69. The number of carbonyl (C=O) groups is 1. The molecule has 3 rings (SSSR count). The van der Waals surface area contributed by atoms with E-state index < -0.39 is 22.5 Å². The number of phenols is 1. The lowest BCUT2D eigenvalue weighted by Gasteiger charge is -2.22. The van der Waals surface area contributed by atoms with Gasteiger partial charge in [0.1, 0.15) is 5.75 Å². The van der Waals surface area contributed by atoms with E-state index in [1.807, 2.05) is 30.3 Å². The third-order valence-corrected chi connectivity index (χ3v) is 6.98. The predicted molar refractivity (Wildman–Crippen MR) is 132 cm³/mol. The average molecular weight is 498 g/mol. The molecule has 3 aromatic rings. The van der Waals surface area contributed by atoms with Crippen molar-refractivity contribution in [3.8, 4) is 17.2 Å². The number of benzene rings is 3. The van der Waals surface area contributed by atoms with Crippen molar-refractivity contribution in [3.05, 3.63) is 83.9 Å². The molecule has 0 radical (unpaired) electrons. The molecule has 0 spiro atoms. The Balaban J connectivity index is 1.81. The molecule has 3 aromatic carbocycles. The van der Waals surface area contributed by atoms with Gasteiger partial charge in [0.05, 0.1) is 31.9 Å². The first-order chi connectivity index (χ1) is 16.8. The van der Waals surface area contributed by atoms with Gasteiger partial charge in [0, 0.05) is 18.2 Å². The Bertz CT molecular complexity index is 1280. The molecule has 0 atom stereocenters. The minimum atomic E-state index is -4.06. The van der Waals surface area contributed by atoms with E-state index in [0.717, 1.165) is 9.87 Å². The molecule has 0 saturated heterocycles. The maximum Gasteiger partial charge on any atom is 0.255 e. The van der Waals surface area contributed by atoms with E-state index in [0.29, 0.717) is 17.7 Å². The monoisotopic (exact) mass is 497 g/mol. The molecule has 0 aromatic heterocycles. The highest BCUT2D eigenvalue weighted by molar-refractivity contribution is 7.89. The number of phenolic OH excluding ortho intramolecular Hbond substituents is 1. The summed E-state index contributed by atoms with van der Waals surface area (Å²) >= 11 is 0. The van der Waals surface area contributed by atoms with Crippen molar-refractivity contribution < 1.29 is 27.8 Å². The van der Waals surface area contributed by atoms with Crippen LogP contribution >= 0.6 is 0 Å². The molecule has 2 N–H and O–H groups in total. The van der Waals surface area contributed by atoms with Crippen LogP contribution in [0.2, 0.25) is 0 Å². The zero-order valence-corrected chi connectivity index (χ0v) is 20.2. The van der Waals surface area contributed by atoms with Gasteiger partial charge in [-0.15, -0.1) is 0 Å². The van der Waals surface area contributed by atoms with Gasteiger partial charge >= 0.3 is 0 Å². The van der Waals surface area contributed by atoms with Gasteiger partial charge < -0.3 is 14.6 Å². The lowest BCUT2D eigenvalue weighted by atomic mass is 10.1. The maximum absolute atomic E-state index is 13.5. The second-order valence-corrected chi connectivity index (χ2v) is 9.38. The standard InChI is InChI=1S/C25H27N3O6S/c1-33-23-13-12-21(16-24(23)34-2)35(31,32)28(15-14-19-8-4-3-5-9-19)18-25(30)27-26-17-20-10-6-7-11-22(20)29/h3-13,16-17,29H,14-15,18H2,1-2H3,(H,27,30)/b26-17-. The topological polar surface area (TPSA) is 118 Å². The van der Waals surface area contributed by atoms with Crippen LogP contribution in [0.1, 0.15) is 11.1 Å². The second kappa shape index (κ2) is 12.0. The van der Waals surface area contributed by atoms with Crippen molar-refractivity contribution in [1.29, 1.82) is 0 Å². The van der Waals surface area contributed by atoms with Crippen LogP contribution in [0.5, 0.6) is 17.2 Å². The molecule has 9 nitrogen and oxygen atoms in total. The van der Waals surface area contributed by atoms with E-state index >= 15 is 0 Å². The zero-order valence-electron chi connectivity index (χ0n) is 19.4. The number of carbonyl (C=O) groups excluding carboxylic acids is 1. The van der Waals surface area contributed by atoms with Crippen LogP contribution in [0.15, 0.2) is 82.8 Å². The van der Waals surface area contributed by atoms with Crippen molar-refractivity contribution in [3.63, 3.8) is 0 Å². The lowest BCUT2D eigenvalue weighted by Crippen LogP contribution is -2.40. The Morgan fingerprint density at radius 1 is 1.00 bits per heavy atom. The van der Waals surface area contributed by atoms with E-state index in [4.69, 9.17) is 9.47 Å². The number of hydrazone groups is 1. The summed E-state index contributed by atoms with van der Waals surface area (Å²) < 4.78 is 38.5. The summed E-state index contributed by atoms with van der Waals surface area (Å²) in [6, 6.07) is 20.1. The van der Waals surface area contributed by atoms with Crippen LogP contribution in [0, 0.1) is 0 Å². The minimum Gasteiger partial charge on any atom is -0.507 e. The summed E-state index contributed by atoms with van der Waals surface area (Å²) in [5.74, 6) is 0.0200. The van der Waals surface area contributed by atoms with Gasteiger partial charge in [-0.05, 0) is 36.2 Å². The average Bonchev–Trinajstić information content (AvgIpc) is 2.87. The Hall–Kier alpha value is -3.89. The highest BCUT2D eigenvalue weighted by Gasteiger charge is 2.27. The Kier molecular flexibility index (Phi) is 8.82. The van der Waals surface area contributed by atoms with Crippen molar-refractivity contribution in [1.82, 2.24) is 9.73 Å². The largest absolute Gasteiger partial charge is 0.507 e. The highest BCUT2D eigenvalue weighted by Crippen LogP contribution is 2.30. The Morgan fingerprint density at radius 3 is 2.37 bits per heavy atom. The molecule has 35 heavy (non-hydrogen) atoms. The molecule has 0 aliphatic heterocycles. The number of methoxy groups -OCH3 is 2. The number of nitrogens with one attached hydrogen (secondary N) is 1. The van der Waals surface area contributed by atoms with Gasteiger partial charge in [-0.2, -0.15) is 9.41 Å². The van der Waals surface area contributed by atoms with E-state index in [2.05, 4.69) is 10.5 Å². The minimum absolute atomic E-state index is 0.00557. The van der Waals surface area contributed by atoms with E-state index in [-0.39, 0.29) is 22.9 Å². The number of hydrogen-bond donors (Lipinski definition) is 2. The quantitative estimate of drug-likeness (QED) is 0.311. The fourth-order valence-corrected chi connectivity index (χ4v) is 4.69. The third kappa shape index (κ3) is 6.81. The second-order valence-electron chi connectivity index (χ2n) is 7.44. The zero-order chi connectivity index (χ0) is 25.3. The molecule has 0 aliphatic carbocycles. The number of hydrogen-bond acceptors (Lipinski definition) is 7. The normalized spacial score (nSPS) is 11.5. The molecular weight excluding hydrogens is 470 g/mol. The molecule has 184 valence electrons. The number of ether oxygens (including phenoxy) is 2. The first-order valence-corrected chi connectivity index (χ1v) is 12.1. The Morgan fingerprint density at radius 2 is 1.69 bits per heavy atom. The number of nitrogens with zero attached hydrogens (tertiary/aromatic N) is 2. The number of aromatic hydroxyl groups is 1. The number of sulfonamides is 1. The summed E-state index contributed by atoms with van der Waals surface area (Å²) in [4.78, 5) is 12.6. The predicted octanol–water partition coefficient (Wildman–Crippen LogP) is 2.79. The molecule has 0 fully saturated rings. The Labute approximate surface area is 204 Å². The first-order valence-electron chi connectivity index (χ1n) is 10.7. The number of rotatable bonds is 11. The number of amides is 1. The van der Waals surface area contributed by atoms with Gasteiger partial charge in [0.2, 0.25) is 10.0 Å². The van der Waals surface area contributed by atoms with Crippen molar-refractivity contribution in [2.75, 3.05) is 27.3 Å². The lowest BCUT2D eigenvalue weighted by molar-refractivity contribution is -0.121.